The van der Waals surface area contributed by atoms with Gasteiger partial charge in [0.2, 0.25) is 0 Å². The topological polar surface area (TPSA) is 35.5 Å². The Kier molecular flexibility index (Phi) is 19.6. The highest BCUT2D eigenvalue weighted by atomic mass is 16.7. The zero-order valence-corrected chi connectivity index (χ0v) is 25.4. The molecule has 0 aromatic rings. The van der Waals surface area contributed by atoms with Crippen LogP contribution in [0.25, 0.3) is 0 Å². The minimum Gasteiger partial charge on any atom is -0.430 e. The van der Waals surface area contributed by atoms with E-state index in [4.69, 9.17) is 9.47 Å². The molecule has 0 saturated carbocycles. The number of carbonyl (C=O) groups excluding carboxylic acids is 1. The van der Waals surface area contributed by atoms with Crippen LogP contribution in [-0.2, 0) is 9.47 Å². The molecule has 0 aromatic carbocycles. The van der Waals surface area contributed by atoms with E-state index in [2.05, 4.69) is 26.0 Å². The Bertz CT molecular complexity index is 596. The van der Waals surface area contributed by atoms with Gasteiger partial charge >= 0.3 is 6.16 Å². The molecule has 0 fully saturated rings. The van der Waals surface area contributed by atoms with Crippen LogP contribution in [0.4, 0.5) is 4.79 Å². The van der Waals surface area contributed by atoms with Crippen molar-refractivity contribution in [1.82, 2.24) is 0 Å². The highest BCUT2D eigenvalue weighted by Gasteiger charge is 2.11. The lowest BCUT2D eigenvalue weighted by Crippen LogP contribution is -2.13. The van der Waals surface area contributed by atoms with Crippen LogP contribution in [0.5, 0.6) is 0 Å². The van der Waals surface area contributed by atoms with Crippen molar-refractivity contribution >= 4 is 6.16 Å². The lowest BCUT2D eigenvalue weighted by molar-refractivity contribution is 0.0668. The Hall–Kier alpha value is -1.25. The van der Waals surface area contributed by atoms with Crippen molar-refractivity contribution in [2.24, 2.45) is 11.8 Å². The van der Waals surface area contributed by atoms with Crippen LogP contribution in [0.1, 0.15) is 168 Å². The molecule has 2 atom stereocenters. The fourth-order valence-corrected chi connectivity index (χ4v) is 6.19. The second-order valence-corrected chi connectivity index (χ2v) is 12.6. The van der Waals surface area contributed by atoms with E-state index in [1.807, 2.05) is 0 Å². The third-order valence-corrected chi connectivity index (χ3v) is 8.61. The minimum absolute atomic E-state index is 0.388. The summed E-state index contributed by atoms with van der Waals surface area (Å²) in [6.07, 6.45) is 35.7. The quantitative estimate of drug-likeness (QED) is 0.268. The lowest BCUT2D eigenvalue weighted by Gasteiger charge is -2.15. The van der Waals surface area contributed by atoms with Gasteiger partial charge in [-0.25, -0.2) is 4.79 Å². The molecular formula is C35H62O3. The van der Waals surface area contributed by atoms with Crippen LogP contribution in [0.15, 0.2) is 23.3 Å². The Morgan fingerprint density at radius 1 is 0.526 bits per heavy atom. The molecule has 220 valence electrons. The van der Waals surface area contributed by atoms with Gasteiger partial charge in [-0.2, -0.15) is 0 Å². The van der Waals surface area contributed by atoms with E-state index in [0.717, 1.165) is 12.8 Å². The molecule has 0 N–H and O–H groups in total. The molecule has 2 aliphatic carbocycles. The van der Waals surface area contributed by atoms with E-state index in [9.17, 15) is 4.79 Å². The average molecular weight is 531 g/mol. The summed E-state index contributed by atoms with van der Waals surface area (Å²) in [6, 6.07) is 0. The van der Waals surface area contributed by atoms with E-state index in [1.54, 1.807) is 0 Å². The SMILES string of the molecule is C[C@H]1C=C(COC(=O)OCC2=C[C@H](C)CCCCCCCCCCCC2)CCCCCCCCCCCC1. The zero-order chi connectivity index (χ0) is 27.1. The summed E-state index contributed by atoms with van der Waals surface area (Å²) in [6.45, 7) is 5.41. The summed E-state index contributed by atoms with van der Waals surface area (Å²) in [5.41, 5.74) is 2.57. The Morgan fingerprint density at radius 2 is 0.816 bits per heavy atom. The fourth-order valence-electron chi connectivity index (χ4n) is 6.19. The summed E-state index contributed by atoms with van der Waals surface area (Å²) in [5.74, 6) is 1.10. The molecule has 38 heavy (non-hydrogen) atoms. The fraction of sp³-hybridized carbons (Fsp3) is 0.857. The van der Waals surface area contributed by atoms with Crippen molar-refractivity contribution in [2.75, 3.05) is 13.2 Å². The zero-order valence-electron chi connectivity index (χ0n) is 25.4. The van der Waals surface area contributed by atoms with Gasteiger partial charge in [0.1, 0.15) is 13.2 Å². The van der Waals surface area contributed by atoms with Gasteiger partial charge < -0.3 is 9.47 Å². The lowest BCUT2D eigenvalue weighted by atomic mass is 9.98. The van der Waals surface area contributed by atoms with Gasteiger partial charge in [-0.05, 0) is 61.5 Å². The second-order valence-electron chi connectivity index (χ2n) is 12.6. The third-order valence-electron chi connectivity index (χ3n) is 8.61. The van der Waals surface area contributed by atoms with Crippen molar-refractivity contribution in [3.63, 3.8) is 0 Å². The molecule has 0 spiro atoms. The van der Waals surface area contributed by atoms with Crippen LogP contribution in [0, 0.1) is 11.8 Å². The van der Waals surface area contributed by atoms with E-state index >= 15 is 0 Å². The Labute approximate surface area is 236 Å². The third kappa shape index (κ3) is 18.1. The first-order valence-corrected chi connectivity index (χ1v) is 16.8. The monoisotopic (exact) mass is 530 g/mol. The first kappa shape index (κ1) is 33.0. The summed E-state index contributed by atoms with van der Waals surface area (Å²) in [7, 11) is 0. The van der Waals surface area contributed by atoms with Crippen molar-refractivity contribution < 1.29 is 14.3 Å². The number of carbonyl (C=O) groups is 1. The number of ether oxygens (including phenoxy) is 2. The second kappa shape index (κ2) is 22.6. The number of rotatable bonds is 4. The molecule has 0 radical (unpaired) electrons. The minimum atomic E-state index is -0.501. The molecule has 0 unspecified atom stereocenters. The van der Waals surface area contributed by atoms with Gasteiger partial charge in [0.25, 0.3) is 0 Å². The van der Waals surface area contributed by atoms with Gasteiger partial charge in [-0.15, -0.1) is 0 Å². The molecular weight excluding hydrogens is 468 g/mol. The van der Waals surface area contributed by atoms with Crippen LogP contribution in [0.3, 0.4) is 0 Å². The number of hydrogen-bond donors (Lipinski definition) is 0. The van der Waals surface area contributed by atoms with Crippen molar-refractivity contribution in [1.29, 1.82) is 0 Å². The molecule has 2 rings (SSSR count). The maximum atomic E-state index is 12.6. The summed E-state index contributed by atoms with van der Waals surface area (Å²) < 4.78 is 11.3. The van der Waals surface area contributed by atoms with Gasteiger partial charge in [0.15, 0.2) is 0 Å². The summed E-state index contributed by atoms with van der Waals surface area (Å²) in [5, 5.41) is 0. The van der Waals surface area contributed by atoms with E-state index in [0.29, 0.717) is 25.0 Å². The van der Waals surface area contributed by atoms with Crippen LogP contribution >= 0.6 is 0 Å². The summed E-state index contributed by atoms with van der Waals surface area (Å²) >= 11 is 0. The highest BCUT2D eigenvalue weighted by Crippen LogP contribution is 2.22. The van der Waals surface area contributed by atoms with Crippen LogP contribution in [-0.4, -0.2) is 19.4 Å². The predicted octanol–water partition coefficient (Wildman–Crippen LogP) is 11.7. The molecule has 3 heteroatoms. The largest absolute Gasteiger partial charge is 0.508 e. The van der Waals surface area contributed by atoms with E-state index in [-0.39, 0.29) is 0 Å². The van der Waals surface area contributed by atoms with Crippen LogP contribution < -0.4 is 0 Å². The molecule has 0 amide bonds. The average Bonchev–Trinajstić information content (AvgIpc) is 2.91. The molecule has 0 aromatic heterocycles. The Morgan fingerprint density at radius 3 is 1.16 bits per heavy atom. The smallest absolute Gasteiger partial charge is 0.430 e. The van der Waals surface area contributed by atoms with Gasteiger partial charge in [0, 0.05) is 0 Å². The first-order valence-electron chi connectivity index (χ1n) is 16.8. The molecule has 0 aliphatic heterocycles. The highest BCUT2D eigenvalue weighted by molar-refractivity contribution is 5.60. The maximum Gasteiger partial charge on any atom is 0.508 e. The molecule has 0 heterocycles. The molecule has 3 nitrogen and oxygen atoms in total. The van der Waals surface area contributed by atoms with Crippen molar-refractivity contribution in [3.8, 4) is 0 Å². The van der Waals surface area contributed by atoms with E-state index in [1.165, 1.54) is 152 Å². The molecule has 0 saturated heterocycles. The molecule has 2 aliphatic rings. The number of hydrogen-bond acceptors (Lipinski definition) is 3. The van der Waals surface area contributed by atoms with Gasteiger partial charge in [-0.3, -0.25) is 0 Å². The first-order chi connectivity index (χ1) is 18.6. The molecule has 0 bridgehead atoms. The Balaban J connectivity index is 1.83. The standard InChI is InChI=1S/C35H62O3/c1-31-23-19-15-11-7-3-5-9-13-17-21-25-33(27-31)29-37-35(36)38-30-34-26-22-18-14-10-6-4-8-12-16-20-24-32(2)28-34/h27-28,31-32H,3-26,29-30H2,1-2H3/t31-,32-/m1/s1. The van der Waals surface area contributed by atoms with E-state index < -0.39 is 6.16 Å². The van der Waals surface area contributed by atoms with Crippen LogP contribution in [0.2, 0.25) is 0 Å². The number of allylic oxidation sites excluding steroid dienone is 2. The maximum absolute atomic E-state index is 12.6. The predicted molar refractivity (Wildman–Crippen MR) is 163 cm³/mol. The van der Waals surface area contributed by atoms with Crippen molar-refractivity contribution in [3.05, 3.63) is 23.3 Å². The summed E-state index contributed by atoms with van der Waals surface area (Å²) in [4.78, 5) is 12.6. The van der Waals surface area contributed by atoms with Gasteiger partial charge in [-0.1, -0.05) is 142 Å². The normalized spacial score (nSPS) is 25.3. The van der Waals surface area contributed by atoms with Crippen molar-refractivity contribution in [2.45, 2.75) is 168 Å². The van der Waals surface area contributed by atoms with Gasteiger partial charge in [0.05, 0.1) is 0 Å².